The van der Waals surface area contributed by atoms with Gasteiger partial charge in [0.1, 0.15) is 4.88 Å². The van der Waals surface area contributed by atoms with E-state index in [4.69, 9.17) is 11.6 Å². The zero-order valence-electron chi connectivity index (χ0n) is 10.7. The summed E-state index contributed by atoms with van der Waals surface area (Å²) in [4.78, 5) is 20.4. The molecule has 0 amide bonds. The third-order valence-electron chi connectivity index (χ3n) is 3.32. The molecule has 0 aromatic carbocycles. The number of thiazole rings is 1. The Labute approximate surface area is 117 Å². The first-order valence-electron chi connectivity index (χ1n) is 6.22. The smallest absolute Gasteiger partial charge is 0.187 e. The highest BCUT2D eigenvalue weighted by molar-refractivity contribution is 7.17. The molecule has 1 aliphatic heterocycles. The summed E-state index contributed by atoms with van der Waals surface area (Å²) in [7, 11) is 2.15. The molecule has 0 bridgehead atoms. The molecule has 4 nitrogen and oxygen atoms in total. The first-order valence-corrected chi connectivity index (χ1v) is 7.41. The molecule has 1 saturated heterocycles. The number of hydrogen-bond donors (Lipinski definition) is 0. The maximum Gasteiger partial charge on any atom is 0.187 e. The van der Waals surface area contributed by atoms with E-state index < -0.39 is 0 Å². The molecular formula is C12H18ClN3OS. The van der Waals surface area contributed by atoms with Gasteiger partial charge < -0.3 is 9.80 Å². The zero-order chi connectivity index (χ0) is 13.1. The molecule has 6 heteroatoms. The fraction of sp³-hybridized carbons (Fsp3) is 0.667. The average molecular weight is 288 g/mol. The van der Waals surface area contributed by atoms with E-state index in [0.717, 1.165) is 43.9 Å². The Morgan fingerprint density at radius 3 is 2.94 bits per heavy atom. The number of carbonyl (C=O) groups excluding carboxylic acids is 1. The highest BCUT2D eigenvalue weighted by Crippen LogP contribution is 2.31. The van der Waals surface area contributed by atoms with Gasteiger partial charge in [0.15, 0.2) is 16.6 Å². The molecule has 2 heterocycles. The standard InChI is InChI=1S/C12H18ClN3OS/c1-3-9-7-15(2)5-4-6-16(9)12-14-11(13)10(8-17)18-12/h8-9H,3-7H2,1-2H3. The van der Waals surface area contributed by atoms with Gasteiger partial charge in [-0.05, 0) is 26.4 Å². The summed E-state index contributed by atoms with van der Waals surface area (Å²) in [6.07, 6.45) is 2.97. The van der Waals surface area contributed by atoms with Crippen LogP contribution in [-0.2, 0) is 0 Å². The van der Waals surface area contributed by atoms with Crippen LogP contribution in [0.25, 0.3) is 0 Å². The summed E-state index contributed by atoms with van der Waals surface area (Å²) in [6.45, 7) is 5.30. The van der Waals surface area contributed by atoms with Gasteiger partial charge in [0.2, 0.25) is 0 Å². The van der Waals surface area contributed by atoms with Crippen LogP contribution >= 0.6 is 22.9 Å². The molecule has 0 saturated carbocycles. The Kier molecular flexibility index (Phi) is 4.59. The van der Waals surface area contributed by atoms with Crippen molar-refractivity contribution in [2.24, 2.45) is 0 Å². The molecule has 100 valence electrons. The molecule has 1 aromatic rings. The van der Waals surface area contributed by atoms with Gasteiger partial charge in [-0.15, -0.1) is 0 Å². The number of carbonyl (C=O) groups is 1. The van der Waals surface area contributed by atoms with Crippen molar-refractivity contribution in [3.63, 3.8) is 0 Å². The summed E-state index contributed by atoms with van der Waals surface area (Å²) in [5, 5.41) is 1.21. The number of hydrogen-bond acceptors (Lipinski definition) is 5. The summed E-state index contributed by atoms with van der Waals surface area (Å²) >= 11 is 7.35. The number of halogens is 1. The minimum Gasteiger partial charge on any atom is -0.344 e. The Balaban J connectivity index is 2.25. The van der Waals surface area contributed by atoms with E-state index >= 15 is 0 Å². The number of aldehydes is 1. The van der Waals surface area contributed by atoms with Gasteiger partial charge in [-0.3, -0.25) is 4.79 Å². The van der Waals surface area contributed by atoms with Crippen LogP contribution in [0.3, 0.4) is 0 Å². The Morgan fingerprint density at radius 1 is 1.56 bits per heavy atom. The monoisotopic (exact) mass is 287 g/mol. The lowest BCUT2D eigenvalue weighted by Crippen LogP contribution is -2.39. The van der Waals surface area contributed by atoms with E-state index in [2.05, 4.69) is 28.8 Å². The summed E-state index contributed by atoms with van der Waals surface area (Å²) < 4.78 is 0. The van der Waals surface area contributed by atoms with Crippen LogP contribution in [0.4, 0.5) is 5.13 Å². The van der Waals surface area contributed by atoms with Crippen LogP contribution in [-0.4, -0.2) is 48.9 Å². The van der Waals surface area contributed by atoms with Crippen molar-refractivity contribution in [1.82, 2.24) is 9.88 Å². The number of anilines is 1. The third-order valence-corrected chi connectivity index (χ3v) is 4.74. The third kappa shape index (κ3) is 2.84. The molecule has 0 N–H and O–H groups in total. The Morgan fingerprint density at radius 2 is 2.33 bits per heavy atom. The summed E-state index contributed by atoms with van der Waals surface area (Å²) in [6, 6.07) is 0.444. The summed E-state index contributed by atoms with van der Waals surface area (Å²) in [5.41, 5.74) is 0. The van der Waals surface area contributed by atoms with E-state index in [1.807, 2.05) is 0 Å². The average Bonchev–Trinajstić information content (AvgIpc) is 2.62. The van der Waals surface area contributed by atoms with E-state index in [1.54, 1.807) is 0 Å². The van der Waals surface area contributed by atoms with E-state index in [9.17, 15) is 4.79 Å². The van der Waals surface area contributed by atoms with Crippen LogP contribution in [0, 0.1) is 0 Å². The second-order valence-corrected chi connectivity index (χ2v) is 6.01. The lowest BCUT2D eigenvalue weighted by molar-refractivity contribution is 0.112. The Bertz CT molecular complexity index is 423. The largest absolute Gasteiger partial charge is 0.344 e. The quantitative estimate of drug-likeness (QED) is 0.801. The maximum absolute atomic E-state index is 10.9. The van der Waals surface area contributed by atoms with Gasteiger partial charge in [-0.2, -0.15) is 0 Å². The molecule has 1 aromatic heterocycles. The normalized spacial score (nSPS) is 21.9. The number of nitrogens with zero attached hydrogens (tertiary/aromatic N) is 3. The summed E-state index contributed by atoms with van der Waals surface area (Å²) in [5.74, 6) is 0. The van der Waals surface area contributed by atoms with E-state index in [1.165, 1.54) is 11.3 Å². The van der Waals surface area contributed by atoms with Crippen LogP contribution < -0.4 is 4.90 Å². The second-order valence-electron chi connectivity index (χ2n) is 4.64. The van der Waals surface area contributed by atoms with Crippen molar-refractivity contribution in [3.8, 4) is 0 Å². The van der Waals surface area contributed by atoms with Gasteiger partial charge in [-0.25, -0.2) is 4.98 Å². The van der Waals surface area contributed by atoms with Gasteiger partial charge in [-0.1, -0.05) is 29.9 Å². The van der Waals surface area contributed by atoms with Crippen LogP contribution in [0.1, 0.15) is 29.4 Å². The molecule has 1 fully saturated rings. The zero-order valence-corrected chi connectivity index (χ0v) is 12.3. The van der Waals surface area contributed by atoms with E-state index in [-0.39, 0.29) is 0 Å². The molecule has 1 atom stereocenters. The lowest BCUT2D eigenvalue weighted by Gasteiger charge is -2.29. The van der Waals surface area contributed by atoms with Crippen molar-refractivity contribution >= 4 is 34.4 Å². The minimum atomic E-state index is 0.331. The van der Waals surface area contributed by atoms with Crippen molar-refractivity contribution in [2.45, 2.75) is 25.8 Å². The number of aromatic nitrogens is 1. The Hall–Kier alpha value is -0.650. The van der Waals surface area contributed by atoms with E-state index in [0.29, 0.717) is 16.1 Å². The molecular weight excluding hydrogens is 270 g/mol. The van der Waals surface area contributed by atoms with Crippen molar-refractivity contribution in [2.75, 3.05) is 31.6 Å². The first-order chi connectivity index (χ1) is 8.65. The fourth-order valence-electron chi connectivity index (χ4n) is 2.34. The number of rotatable bonds is 3. The molecule has 0 radical (unpaired) electrons. The maximum atomic E-state index is 10.9. The fourth-order valence-corrected chi connectivity index (χ4v) is 3.50. The van der Waals surface area contributed by atoms with Crippen LogP contribution in [0.5, 0.6) is 0 Å². The van der Waals surface area contributed by atoms with Crippen molar-refractivity contribution < 1.29 is 4.79 Å². The van der Waals surface area contributed by atoms with Crippen LogP contribution in [0.15, 0.2) is 0 Å². The SMILES string of the molecule is CCC1CN(C)CCCN1c1nc(Cl)c(C=O)s1. The molecule has 1 unspecified atom stereocenters. The lowest BCUT2D eigenvalue weighted by atomic mass is 10.2. The topological polar surface area (TPSA) is 36.4 Å². The molecule has 1 aliphatic rings. The number of likely N-dealkylation sites (N-methyl/N-ethyl adjacent to an activating group) is 1. The van der Waals surface area contributed by atoms with Crippen molar-refractivity contribution in [1.29, 1.82) is 0 Å². The van der Waals surface area contributed by atoms with Gasteiger partial charge >= 0.3 is 0 Å². The predicted molar refractivity (Wildman–Crippen MR) is 76.1 cm³/mol. The first kappa shape index (κ1) is 13.8. The predicted octanol–water partition coefficient (Wildman–Crippen LogP) is 2.53. The molecule has 18 heavy (non-hydrogen) atoms. The molecule has 2 rings (SSSR count). The second kappa shape index (κ2) is 5.99. The molecule has 0 aliphatic carbocycles. The highest BCUT2D eigenvalue weighted by atomic mass is 35.5. The van der Waals surface area contributed by atoms with Gasteiger partial charge in [0.05, 0.1) is 0 Å². The van der Waals surface area contributed by atoms with Gasteiger partial charge in [0.25, 0.3) is 0 Å². The minimum absolute atomic E-state index is 0.331. The van der Waals surface area contributed by atoms with Gasteiger partial charge in [0, 0.05) is 19.1 Å². The highest BCUT2D eigenvalue weighted by Gasteiger charge is 2.25. The van der Waals surface area contributed by atoms with Crippen LogP contribution in [0.2, 0.25) is 5.15 Å². The van der Waals surface area contributed by atoms with Crippen molar-refractivity contribution in [3.05, 3.63) is 10.0 Å². The molecule has 0 spiro atoms.